The number of nitrogens with zero attached hydrogens (tertiary/aromatic N) is 3. The van der Waals surface area contributed by atoms with Crippen LogP contribution in [0.4, 0.5) is 0 Å². The number of aliphatic hydroxyl groups is 1. The summed E-state index contributed by atoms with van der Waals surface area (Å²) in [5.74, 6) is 1.52. The molecule has 0 saturated carbocycles. The van der Waals surface area contributed by atoms with E-state index < -0.39 is 6.10 Å². The van der Waals surface area contributed by atoms with E-state index in [9.17, 15) is 5.11 Å². The van der Waals surface area contributed by atoms with Crippen LogP contribution in [0.2, 0.25) is 0 Å². The van der Waals surface area contributed by atoms with Crippen molar-refractivity contribution in [1.29, 1.82) is 0 Å². The molecule has 0 radical (unpaired) electrons. The predicted molar refractivity (Wildman–Crippen MR) is 76.7 cm³/mol. The van der Waals surface area contributed by atoms with Crippen LogP contribution in [0.15, 0.2) is 30.7 Å². The summed E-state index contributed by atoms with van der Waals surface area (Å²) in [4.78, 5) is 8.45. The molecule has 1 atom stereocenters. The van der Waals surface area contributed by atoms with Crippen LogP contribution in [0.25, 0.3) is 0 Å². The van der Waals surface area contributed by atoms with Crippen LogP contribution in [-0.4, -0.2) is 32.9 Å². The van der Waals surface area contributed by atoms with Crippen LogP contribution >= 0.6 is 0 Å². The maximum absolute atomic E-state index is 10.2. The maximum atomic E-state index is 10.2. The van der Waals surface area contributed by atoms with E-state index in [0.717, 1.165) is 24.4 Å². The summed E-state index contributed by atoms with van der Waals surface area (Å²) >= 11 is 0. The molecule has 0 amide bonds. The lowest BCUT2D eigenvalue weighted by Crippen LogP contribution is -2.17. The molecule has 0 aromatic carbocycles. The first-order valence-electron chi connectivity index (χ1n) is 6.90. The SMILES string of the molecule is CCCn1ccnc1CC(O)Cc1ccc(OC)nc1. The lowest BCUT2D eigenvalue weighted by Gasteiger charge is -2.12. The molecule has 2 aromatic heterocycles. The van der Waals surface area contributed by atoms with E-state index in [1.165, 1.54) is 0 Å². The van der Waals surface area contributed by atoms with Gasteiger partial charge in [0.15, 0.2) is 0 Å². The Morgan fingerprint density at radius 3 is 2.80 bits per heavy atom. The Morgan fingerprint density at radius 1 is 1.30 bits per heavy atom. The number of methoxy groups -OCH3 is 1. The van der Waals surface area contributed by atoms with Gasteiger partial charge < -0.3 is 14.4 Å². The average molecular weight is 275 g/mol. The average Bonchev–Trinajstić information content (AvgIpc) is 2.87. The van der Waals surface area contributed by atoms with Crippen LogP contribution < -0.4 is 4.74 Å². The van der Waals surface area contributed by atoms with Crippen molar-refractivity contribution in [2.75, 3.05) is 7.11 Å². The van der Waals surface area contributed by atoms with Crippen molar-refractivity contribution in [2.45, 2.75) is 38.8 Å². The smallest absolute Gasteiger partial charge is 0.212 e. The monoisotopic (exact) mass is 275 g/mol. The molecule has 0 fully saturated rings. The first-order chi connectivity index (χ1) is 9.72. The van der Waals surface area contributed by atoms with E-state index in [1.54, 1.807) is 25.6 Å². The third-order valence-corrected chi connectivity index (χ3v) is 3.16. The molecule has 2 rings (SSSR count). The first kappa shape index (κ1) is 14.5. The summed E-state index contributed by atoms with van der Waals surface area (Å²) in [5.41, 5.74) is 0.992. The Balaban J connectivity index is 1.94. The number of hydrogen-bond acceptors (Lipinski definition) is 4. The highest BCUT2D eigenvalue weighted by molar-refractivity contribution is 5.18. The molecule has 2 heterocycles. The van der Waals surface area contributed by atoms with E-state index in [1.807, 2.05) is 12.3 Å². The van der Waals surface area contributed by atoms with Crippen LogP contribution in [0.1, 0.15) is 24.7 Å². The minimum Gasteiger partial charge on any atom is -0.481 e. The van der Waals surface area contributed by atoms with Gasteiger partial charge in [0.05, 0.1) is 13.2 Å². The summed E-state index contributed by atoms with van der Waals surface area (Å²) in [6.07, 6.45) is 7.20. The Bertz CT molecular complexity index is 522. The Labute approximate surface area is 119 Å². The minimum absolute atomic E-state index is 0.455. The number of imidazole rings is 1. The summed E-state index contributed by atoms with van der Waals surface area (Å²) in [6.45, 7) is 3.06. The van der Waals surface area contributed by atoms with E-state index in [-0.39, 0.29) is 0 Å². The fourth-order valence-electron chi connectivity index (χ4n) is 2.18. The van der Waals surface area contributed by atoms with Gasteiger partial charge in [0.25, 0.3) is 0 Å². The molecule has 0 aliphatic heterocycles. The number of hydrogen-bond donors (Lipinski definition) is 1. The van der Waals surface area contributed by atoms with Gasteiger partial charge in [0.1, 0.15) is 5.82 Å². The highest BCUT2D eigenvalue weighted by atomic mass is 16.5. The fraction of sp³-hybridized carbons (Fsp3) is 0.467. The summed E-state index contributed by atoms with van der Waals surface area (Å²) in [6, 6.07) is 3.73. The van der Waals surface area contributed by atoms with Gasteiger partial charge in [-0.3, -0.25) is 0 Å². The van der Waals surface area contributed by atoms with Crippen molar-refractivity contribution in [2.24, 2.45) is 0 Å². The zero-order valence-corrected chi connectivity index (χ0v) is 12.0. The number of aryl methyl sites for hydroxylation is 1. The quantitative estimate of drug-likeness (QED) is 0.837. The summed E-state index contributed by atoms with van der Waals surface area (Å²) < 4.78 is 7.11. The van der Waals surface area contributed by atoms with Crippen LogP contribution in [0.5, 0.6) is 5.88 Å². The zero-order valence-electron chi connectivity index (χ0n) is 12.0. The largest absolute Gasteiger partial charge is 0.481 e. The van der Waals surface area contributed by atoms with Crippen LogP contribution in [0.3, 0.4) is 0 Å². The Hall–Kier alpha value is -1.88. The Morgan fingerprint density at radius 2 is 2.15 bits per heavy atom. The molecule has 5 heteroatoms. The maximum Gasteiger partial charge on any atom is 0.212 e. The summed E-state index contributed by atoms with van der Waals surface area (Å²) in [5, 5.41) is 10.2. The molecular weight excluding hydrogens is 254 g/mol. The lowest BCUT2D eigenvalue weighted by molar-refractivity contribution is 0.171. The van der Waals surface area contributed by atoms with Gasteiger partial charge in [-0.25, -0.2) is 9.97 Å². The molecule has 20 heavy (non-hydrogen) atoms. The second kappa shape index (κ2) is 7.05. The second-order valence-corrected chi connectivity index (χ2v) is 4.81. The van der Waals surface area contributed by atoms with Gasteiger partial charge >= 0.3 is 0 Å². The van der Waals surface area contributed by atoms with Crippen molar-refractivity contribution in [1.82, 2.24) is 14.5 Å². The van der Waals surface area contributed by atoms with Gasteiger partial charge in [0.2, 0.25) is 5.88 Å². The standard InChI is InChI=1S/C15H21N3O2/c1-3-7-18-8-6-16-14(18)10-13(19)9-12-4-5-15(20-2)17-11-12/h4-6,8,11,13,19H,3,7,9-10H2,1-2H3. The molecule has 0 bridgehead atoms. The number of aliphatic hydroxyl groups excluding tert-OH is 1. The first-order valence-corrected chi connectivity index (χ1v) is 6.90. The van der Waals surface area contributed by atoms with E-state index >= 15 is 0 Å². The minimum atomic E-state index is -0.455. The van der Waals surface area contributed by atoms with Gasteiger partial charge in [-0.15, -0.1) is 0 Å². The zero-order chi connectivity index (χ0) is 14.4. The van der Waals surface area contributed by atoms with E-state index in [2.05, 4.69) is 21.5 Å². The predicted octanol–water partition coefficient (Wildman–Crippen LogP) is 1.84. The topological polar surface area (TPSA) is 60.2 Å². The van der Waals surface area contributed by atoms with Crippen molar-refractivity contribution >= 4 is 0 Å². The molecule has 0 aliphatic carbocycles. The lowest BCUT2D eigenvalue weighted by atomic mass is 10.1. The summed E-state index contributed by atoms with van der Waals surface area (Å²) in [7, 11) is 1.59. The number of pyridine rings is 1. The molecule has 1 unspecified atom stereocenters. The van der Waals surface area contributed by atoms with Crippen molar-refractivity contribution < 1.29 is 9.84 Å². The fourth-order valence-corrected chi connectivity index (χ4v) is 2.18. The number of ether oxygens (including phenoxy) is 1. The highest BCUT2D eigenvalue weighted by Gasteiger charge is 2.11. The van der Waals surface area contributed by atoms with Gasteiger partial charge in [-0.2, -0.15) is 0 Å². The molecule has 5 nitrogen and oxygen atoms in total. The van der Waals surface area contributed by atoms with Crippen LogP contribution in [0, 0.1) is 0 Å². The number of rotatable bonds is 7. The van der Waals surface area contributed by atoms with Crippen LogP contribution in [-0.2, 0) is 19.4 Å². The second-order valence-electron chi connectivity index (χ2n) is 4.81. The third-order valence-electron chi connectivity index (χ3n) is 3.16. The van der Waals surface area contributed by atoms with Crippen molar-refractivity contribution in [3.05, 3.63) is 42.1 Å². The Kier molecular flexibility index (Phi) is 5.12. The third kappa shape index (κ3) is 3.81. The van der Waals surface area contributed by atoms with E-state index in [4.69, 9.17) is 4.74 Å². The van der Waals surface area contributed by atoms with Gasteiger partial charge in [-0.1, -0.05) is 13.0 Å². The molecule has 1 N–H and O–H groups in total. The van der Waals surface area contributed by atoms with Gasteiger partial charge in [0, 0.05) is 44.0 Å². The van der Waals surface area contributed by atoms with Gasteiger partial charge in [-0.05, 0) is 12.0 Å². The molecule has 108 valence electrons. The molecule has 0 saturated heterocycles. The molecule has 2 aromatic rings. The van der Waals surface area contributed by atoms with Crippen molar-refractivity contribution in [3.63, 3.8) is 0 Å². The normalized spacial score (nSPS) is 12.3. The highest BCUT2D eigenvalue weighted by Crippen LogP contribution is 2.11. The molecular formula is C15H21N3O2. The van der Waals surface area contributed by atoms with Crippen molar-refractivity contribution in [3.8, 4) is 5.88 Å². The number of aromatic nitrogens is 3. The molecule has 0 aliphatic rings. The van der Waals surface area contributed by atoms with E-state index in [0.29, 0.717) is 18.7 Å². The molecule has 0 spiro atoms.